The lowest BCUT2D eigenvalue weighted by Gasteiger charge is -2.26. The summed E-state index contributed by atoms with van der Waals surface area (Å²) < 4.78 is 1.82. The first-order chi connectivity index (χ1) is 9.65. The lowest BCUT2D eigenvalue weighted by molar-refractivity contribution is 0.0688. The normalized spacial score (nSPS) is 16.6. The molecule has 1 aliphatic heterocycles. The summed E-state index contributed by atoms with van der Waals surface area (Å²) in [7, 11) is 0. The van der Waals surface area contributed by atoms with Crippen LogP contribution < -0.4 is 0 Å². The Labute approximate surface area is 121 Å². The van der Waals surface area contributed by atoms with Crippen LogP contribution in [-0.2, 0) is 6.54 Å². The van der Waals surface area contributed by atoms with E-state index in [0.717, 1.165) is 18.8 Å². The van der Waals surface area contributed by atoms with Gasteiger partial charge in [-0.1, -0.05) is 18.0 Å². The Kier molecular flexibility index (Phi) is 3.63. The number of likely N-dealkylation sites (tertiary alicyclic amines) is 1. The molecular weight excluding hydrogens is 278 g/mol. The third-order valence-electron chi connectivity index (χ3n) is 3.71. The number of aromatic carboxylic acids is 1. The highest BCUT2D eigenvalue weighted by Gasteiger charge is 2.21. The van der Waals surface area contributed by atoms with Crippen LogP contribution in [0.25, 0.3) is 5.65 Å². The summed E-state index contributed by atoms with van der Waals surface area (Å²) in [5.41, 5.74) is 1.44. The minimum atomic E-state index is -0.989. The molecule has 1 fully saturated rings. The van der Waals surface area contributed by atoms with Crippen molar-refractivity contribution in [3.05, 3.63) is 34.7 Å². The molecule has 1 saturated heterocycles. The molecule has 0 radical (unpaired) electrons. The van der Waals surface area contributed by atoms with E-state index in [1.165, 1.54) is 19.3 Å². The summed E-state index contributed by atoms with van der Waals surface area (Å²) in [5.74, 6) is -0.989. The first-order valence-electron chi connectivity index (χ1n) is 6.77. The van der Waals surface area contributed by atoms with Gasteiger partial charge in [-0.05, 0) is 32.0 Å². The third kappa shape index (κ3) is 2.51. The summed E-state index contributed by atoms with van der Waals surface area (Å²) in [6, 6.07) is 3.44. The molecule has 0 amide bonds. The Bertz CT molecular complexity index is 647. The molecule has 0 spiro atoms. The van der Waals surface area contributed by atoms with Crippen molar-refractivity contribution in [2.24, 2.45) is 0 Å². The second-order valence-electron chi connectivity index (χ2n) is 5.12. The fraction of sp³-hybridized carbons (Fsp3) is 0.429. The van der Waals surface area contributed by atoms with E-state index in [4.69, 9.17) is 11.6 Å². The van der Waals surface area contributed by atoms with Crippen molar-refractivity contribution in [2.45, 2.75) is 25.8 Å². The molecule has 1 N–H and O–H groups in total. The Morgan fingerprint density at radius 3 is 2.80 bits per heavy atom. The number of piperidine rings is 1. The van der Waals surface area contributed by atoms with Crippen LogP contribution in [0.5, 0.6) is 0 Å². The van der Waals surface area contributed by atoms with Crippen molar-refractivity contribution in [1.82, 2.24) is 14.3 Å². The summed E-state index contributed by atoms with van der Waals surface area (Å²) in [6.07, 6.45) is 5.39. The maximum absolute atomic E-state index is 11.4. The first kappa shape index (κ1) is 13.4. The number of halogens is 1. The largest absolute Gasteiger partial charge is 0.476 e. The number of hydrogen-bond donors (Lipinski definition) is 1. The van der Waals surface area contributed by atoms with E-state index < -0.39 is 5.97 Å². The number of imidazole rings is 1. The van der Waals surface area contributed by atoms with Gasteiger partial charge in [-0.25, -0.2) is 9.78 Å². The van der Waals surface area contributed by atoms with Crippen molar-refractivity contribution in [3.63, 3.8) is 0 Å². The number of rotatable bonds is 3. The summed E-state index contributed by atoms with van der Waals surface area (Å²) >= 11 is 5.94. The van der Waals surface area contributed by atoms with Gasteiger partial charge in [0, 0.05) is 23.8 Å². The zero-order valence-corrected chi connectivity index (χ0v) is 11.8. The van der Waals surface area contributed by atoms with Gasteiger partial charge in [-0.15, -0.1) is 0 Å². The van der Waals surface area contributed by atoms with E-state index in [-0.39, 0.29) is 5.69 Å². The number of fused-ring (bicyclic) bond motifs is 1. The predicted octanol–water partition coefficient (Wildman–Crippen LogP) is 2.67. The summed E-state index contributed by atoms with van der Waals surface area (Å²) in [4.78, 5) is 17.9. The average Bonchev–Trinajstić information content (AvgIpc) is 2.78. The number of pyridine rings is 1. The molecule has 2 aromatic rings. The van der Waals surface area contributed by atoms with Crippen LogP contribution in [0.2, 0.25) is 5.02 Å². The molecule has 0 aliphatic carbocycles. The van der Waals surface area contributed by atoms with Gasteiger partial charge in [0.25, 0.3) is 0 Å². The number of hydrogen-bond acceptors (Lipinski definition) is 3. The summed E-state index contributed by atoms with van der Waals surface area (Å²) in [6.45, 7) is 2.64. The fourth-order valence-corrected chi connectivity index (χ4v) is 2.88. The van der Waals surface area contributed by atoms with E-state index in [2.05, 4.69) is 9.88 Å². The molecule has 3 rings (SSSR count). The Balaban J connectivity index is 2.01. The quantitative estimate of drug-likeness (QED) is 0.945. The molecule has 0 unspecified atom stereocenters. The molecule has 6 heteroatoms. The van der Waals surface area contributed by atoms with E-state index in [1.807, 2.05) is 4.40 Å². The maximum Gasteiger partial charge on any atom is 0.356 e. The number of nitrogens with zero attached hydrogens (tertiary/aromatic N) is 3. The van der Waals surface area contributed by atoms with Crippen LogP contribution in [0.4, 0.5) is 0 Å². The molecule has 5 nitrogen and oxygen atoms in total. The summed E-state index contributed by atoms with van der Waals surface area (Å²) in [5, 5.41) is 9.90. The minimum Gasteiger partial charge on any atom is -0.476 e. The van der Waals surface area contributed by atoms with Gasteiger partial charge in [-0.3, -0.25) is 4.90 Å². The van der Waals surface area contributed by atoms with E-state index in [0.29, 0.717) is 17.2 Å². The van der Waals surface area contributed by atoms with Gasteiger partial charge in [0.15, 0.2) is 5.69 Å². The Morgan fingerprint density at radius 1 is 1.35 bits per heavy atom. The first-order valence-corrected chi connectivity index (χ1v) is 7.15. The van der Waals surface area contributed by atoms with Gasteiger partial charge in [0.1, 0.15) is 5.65 Å². The molecule has 0 atom stereocenters. The van der Waals surface area contributed by atoms with Gasteiger partial charge in [0.2, 0.25) is 0 Å². The molecule has 20 heavy (non-hydrogen) atoms. The fourth-order valence-electron chi connectivity index (χ4n) is 2.72. The molecule has 0 saturated carbocycles. The van der Waals surface area contributed by atoms with Gasteiger partial charge < -0.3 is 9.51 Å². The SMILES string of the molecule is O=C(O)c1nc2cc(Cl)ccn2c1CN1CCCCC1. The Hall–Kier alpha value is -1.59. The van der Waals surface area contributed by atoms with Gasteiger partial charge >= 0.3 is 5.97 Å². The third-order valence-corrected chi connectivity index (χ3v) is 3.95. The van der Waals surface area contributed by atoms with E-state index >= 15 is 0 Å². The molecule has 1 aliphatic rings. The zero-order chi connectivity index (χ0) is 14.1. The second-order valence-corrected chi connectivity index (χ2v) is 5.56. The standard InChI is InChI=1S/C14H16ClN3O2/c15-10-4-7-18-11(9-17-5-2-1-3-6-17)13(14(19)20)16-12(18)8-10/h4,7-8H,1-3,5-6,9H2,(H,19,20). The zero-order valence-electron chi connectivity index (χ0n) is 11.0. The molecule has 0 aromatic carbocycles. The number of carboxylic acid groups (broad SMARTS) is 1. The average molecular weight is 294 g/mol. The predicted molar refractivity (Wildman–Crippen MR) is 76.3 cm³/mol. The van der Waals surface area contributed by atoms with Crippen LogP contribution >= 0.6 is 11.6 Å². The van der Waals surface area contributed by atoms with Crippen LogP contribution in [-0.4, -0.2) is 38.4 Å². The molecular formula is C14H16ClN3O2. The van der Waals surface area contributed by atoms with Crippen molar-refractivity contribution in [3.8, 4) is 0 Å². The number of carbonyl (C=O) groups is 1. The van der Waals surface area contributed by atoms with Crippen molar-refractivity contribution in [2.75, 3.05) is 13.1 Å². The van der Waals surface area contributed by atoms with E-state index in [9.17, 15) is 9.90 Å². The molecule has 106 valence electrons. The van der Waals surface area contributed by atoms with Gasteiger partial charge in [-0.2, -0.15) is 0 Å². The van der Waals surface area contributed by atoms with Crippen LogP contribution in [0.1, 0.15) is 35.4 Å². The van der Waals surface area contributed by atoms with Crippen LogP contribution in [0.3, 0.4) is 0 Å². The van der Waals surface area contributed by atoms with E-state index in [1.54, 1.807) is 18.3 Å². The van der Waals surface area contributed by atoms with Gasteiger partial charge in [0.05, 0.1) is 5.69 Å². The monoisotopic (exact) mass is 293 g/mol. The maximum atomic E-state index is 11.4. The molecule has 2 aromatic heterocycles. The van der Waals surface area contributed by atoms with Crippen LogP contribution in [0.15, 0.2) is 18.3 Å². The highest BCUT2D eigenvalue weighted by atomic mass is 35.5. The van der Waals surface area contributed by atoms with Crippen molar-refractivity contribution in [1.29, 1.82) is 0 Å². The topological polar surface area (TPSA) is 57.8 Å². The highest BCUT2D eigenvalue weighted by molar-refractivity contribution is 6.30. The van der Waals surface area contributed by atoms with Crippen molar-refractivity contribution < 1.29 is 9.90 Å². The highest BCUT2D eigenvalue weighted by Crippen LogP contribution is 2.20. The second kappa shape index (κ2) is 5.42. The minimum absolute atomic E-state index is 0.123. The number of aromatic nitrogens is 2. The Morgan fingerprint density at radius 2 is 2.10 bits per heavy atom. The lowest BCUT2D eigenvalue weighted by atomic mass is 10.1. The lowest BCUT2D eigenvalue weighted by Crippen LogP contribution is -2.30. The smallest absolute Gasteiger partial charge is 0.356 e. The molecule has 3 heterocycles. The van der Waals surface area contributed by atoms with Crippen LogP contribution in [0, 0.1) is 0 Å². The number of carboxylic acids is 1. The van der Waals surface area contributed by atoms with Crippen molar-refractivity contribution >= 4 is 23.2 Å². The molecule has 0 bridgehead atoms.